The first kappa shape index (κ1) is 12.8. The highest BCUT2D eigenvalue weighted by molar-refractivity contribution is 6.30. The minimum atomic E-state index is 0.695. The van der Waals surface area contributed by atoms with Crippen LogP contribution in [-0.4, -0.2) is 6.61 Å². The van der Waals surface area contributed by atoms with Gasteiger partial charge in [-0.05, 0) is 42.8 Å². The number of nitrogens with one attached hydrogen (secondary N) is 1. The van der Waals surface area contributed by atoms with Gasteiger partial charge < -0.3 is 10.1 Å². The third kappa shape index (κ3) is 3.67. The third-order valence-corrected chi connectivity index (χ3v) is 2.79. The molecule has 0 aromatic heterocycles. The molecule has 0 amide bonds. The van der Waals surface area contributed by atoms with Gasteiger partial charge in [0.2, 0.25) is 0 Å². The Morgan fingerprint density at radius 3 is 2.56 bits per heavy atom. The van der Waals surface area contributed by atoms with Crippen molar-refractivity contribution in [3.8, 4) is 5.75 Å². The van der Waals surface area contributed by atoms with Crippen molar-refractivity contribution in [2.45, 2.75) is 13.5 Å². The monoisotopic (exact) mass is 261 g/mol. The van der Waals surface area contributed by atoms with Gasteiger partial charge in [0.1, 0.15) is 5.75 Å². The Bertz CT molecular complexity index is 496. The standard InChI is InChI=1S/C15H16ClNO/c1-2-18-15-8-6-12(7-9-15)11-17-14-5-3-4-13(16)10-14/h3-10,17H,2,11H2,1H3. The molecule has 2 aromatic rings. The van der Waals surface area contributed by atoms with Crippen LogP contribution in [0.3, 0.4) is 0 Å². The van der Waals surface area contributed by atoms with Crippen molar-refractivity contribution in [2.75, 3.05) is 11.9 Å². The second kappa shape index (κ2) is 6.31. The zero-order valence-corrected chi connectivity index (χ0v) is 11.1. The minimum Gasteiger partial charge on any atom is -0.494 e. The average molecular weight is 262 g/mol. The van der Waals surface area contributed by atoms with Crippen molar-refractivity contribution in [3.05, 3.63) is 59.1 Å². The van der Waals surface area contributed by atoms with E-state index in [-0.39, 0.29) is 0 Å². The number of hydrogen-bond donors (Lipinski definition) is 1. The number of benzene rings is 2. The molecule has 0 fully saturated rings. The van der Waals surface area contributed by atoms with Gasteiger partial charge in [-0.15, -0.1) is 0 Å². The normalized spacial score (nSPS) is 10.1. The maximum absolute atomic E-state index is 5.93. The smallest absolute Gasteiger partial charge is 0.119 e. The van der Waals surface area contributed by atoms with Gasteiger partial charge in [0.05, 0.1) is 6.61 Å². The van der Waals surface area contributed by atoms with Crippen LogP contribution in [0.4, 0.5) is 5.69 Å². The molecule has 0 saturated carbocycles. The molecule has 0 aliphatic heterocycles. The van der Waals surface area contributed by atoms with E-state index in [1.165, 1.54) is 5.56 Å². The highest BCUT2D eigenvalue weighted by Gasteiger charge is 1.96. The molecular weight excluding hydrogens is 246 g/mol. The topological polar surface area (TPSA) is 21.3 Å². The summed E-state index contributed by atoms with van der Waals surface area (Å²) < 4.78 is 5.40. The molecule has 2 aromatic carbocycles. The predicted octanol–water partition coefficient (Wildman–Crippen LogP) is 4.35. The van der Waals surface area contributed by atoms with Gasteiger partial charge in [-0.25, -0.2) is 0 Å². The summed E-state index contributed by atoms with van der Waals surface area (Å²) in [7, 11) is 0. The van der Waals surface area contributed by atoms with Crippen LogP contribution < -0.4 is 10.1 Å². The fourth-order valence-corrected chi connectivity index (χ4v) is 1.86. The first-order valence-electron chi connectivity index (χ1n) is 5.99. The largest absolute Gasteiger partial charge is 0.494 e. The van der Waals surface area contributed by atoms with Crippen LogP contribution in [-0.2, 0) is 6.54 Å². The van der Waals surface area contributed by atoms with E-state index in [1.807, 2.05) is 43.3 Å². The summed E-state index contributed by atoms with van der Waals surface area (Å²) in [4.78, 5) is 0. The quantitative estimate of drug-likeness (QED) is 0.864. The van der Waals surface area contributed by atoms with Gasteiger partial charge in [0.25, 0.3) is 0 Å². The maximum atomic E-state index is 5.93. The van der Waals surface area contributed by atoms with Crippen LogP contribution in [0, 0.1) is 0 Å². The van der Waals surface area contributed by atoms with Crippen molar-refractivity contribution in [2.24, 2.45) is 0 Å². The summed E-state index contributed by atoms with van der Waals surface area (Å²) in [5.74, 6) is 0.906. The Balaban J connectivity index is 1.93. The highest BCUT2D eigenvalue weighted by atomic mass is 35.5. The van der Waals surface area contributed by atoms with Gasteiger partial charge in [-0.3, -0.25) is 0 Å². The maximum Gasteiger partial charge on any atom is 0.119 e. The van der Waals surface area contributed by atoms with Crippen molar-refractivity contribution in [3.63, 3.8) is 0 Å². The van der Waals surface area contributed by atoms with E-state index in [0.717, 1.165) is 23.0 Å². The lowest BCUT2D eigenvalue weighted by Gasteiger charge is -2.08. The number of anilines is 1. The number of hydrogen-bond acceptors (Lipinski definition) is 2. The molecule has 0 aliphatic carbocycles. The molecule has 0 saturated heterocycles. The van der Waals surface area contributed by atoms with E-state index in [2.05, 4.69) is 17.4 Å². The van der Waals surface area contributed by atoms with E-state index >= 15 is 0 Å². The Morgan fingerprint density at radius 1 is 1.11 bits per heavy atom. The summed E-state index contributed by atoms with van der Waals surface area (Å²) in [5, 5.41) is 4.07. The van der Waals surface area contributed by atoms with Crippen molar-refractivity contribution < 1.29 is 4.74 Å². The Labute approximate surface area is 113 Å². The van der Waals surface area contributed by atoms with E-state index < -0.39 is 0 Å². The average Bonchev–Trinajstić information content (AvgIpc) is 2.38. The molecule has 18 heavy (non-hydrogen) atoms. The van der Waals surface area contributed by atoms with Gasteiger partial charge in [-0.1, -0.05) is 29.8 Å². The summed E-state index contributed by atoms with van der Waals surface area (Å²) in [6.07, 6.45) is 0. The molecule has 2 nitrogen and oxygen atoms in total. The molecule has 0 aliphatic rings. The van der Waals surface area contributed by atoms with Crippen LogP contribution in [0.2, 0.25) is 5.02 Å². The van der Waals surface area contributed by atoms with Crippen LogP contribution in [0.5, 0.6) is 5.75 Å². The number of rotatable bonds is 5. The molecule has 94 valence electrons. The first-order valence-corrected chi connectivity index (χ1v) is 6.37. The second-order valence-electron chi connectivity index (χ2n) is 3.94. The van der Waals surface area contributed by atoms with Crippen molar-refractivity contribution in [1.29, 1.82) is 0 Å². The Hall–Kier alpha value is -1.67. The molecule has 0 bridgehead atoms. The zero-order chi connectivity index (χ0) is 12.8. The lowest BCUT2D eigenvalue weighted by Crippen LogP contribution is -1.99. The van der Waals surface area contributed by atoms with Gasteiger partial charge in [0.15, 0.2) is 0 Å². The van der Waals surface area contributed by atoms with Gasteiger partial charge >= 0.3 is 0 Å². The number of ether oxygens (including phenoxy) is 1. The highest BCUT2D eigenvalue weighted by Crippen LogP contribution is 2.17. The molecule has 2 rings (SSSR count). The molecule has 0 unspecified atom stereocenters. The zero-order valence-electron chi connectivity index (χ0n) is 10.3. The molecule has 1 N–H and O–H groups in total. The summed E-state index contributed by atoms with van der Waals surface area (Å²) in [6, 6.07) is 15.8. The minimum absolute atomic E-state index is 0.695. The molecule has 0 spiro atoms. The molecule has 0 atom stereocenters. The SMILES string of the molecule is CCOc1ccc(CNc2cccc(Cl)c2)cc1. The van der Waals surface area contributed by atoms with E-state index in [0.29, 0.717) is 6.61 Å². The van der Waals surface area contributed by atoms with Crippen LogP contribution in [0.25, 0.3) is 0 Å². The van der Waals surface area contributed by atoms with E-state index in [1.54, 1.807) is 0 Å². The molecule has 3 heteroatoms. The van der Waals surface area contributed by atoms with E-state index in [9.17, 15) is 0 Å². The Kier molecular flexibility index (Phi) is 4.48. The summed E-state index contributed by atoms with van der Waals surface area (Å²) in [5.41, 5.74) is 2.23. The fourth-order valence-electron chi connectivity index (χ4n) is 1.67. The van der Waals surface area contributed by atoms with Gasteiger partial charge in [-0.2, -0.15) is 0 Å². The Morgan fingerprint density at radius 2 is 1.89 bits per heavy atom. The number of halogens is 1. The lowest BCUT2D eigenvalue weighted by atomic mass is 10.2. The lowest BCUT2D eigenvalue weighted by molar-refractivity contribution is 0.340. The first-order chi connectivity index (χ1) is 8.78. The van der Waals surface area contributed by atoms with Gasteiger partial charge in [0, 0.05) is 17.3 Å². The predicted molar refractivity (Wildman–Crippen MR) is 76.4 cm³/mol. The molecular formula is C15H16ClNO. The van der Waals surface area contributed by atoms with Crippen LogP contribution in [0.1, 0.15) is 12.5 Å². The fraction of sp³-hybridized carbons (Fsp3) is 0.200. The van der Waals surface area contributed by atoms with Crippen molar-refractivity contribution >= 4 is 17.3 Å². The summed E-state index contributed by atoms with van der Waals surface area (Å²) >= 11 is 5.93. The molecule has 0 heterocycles. The van der Waals surface area contributed by atoms with E-state index in [4.69, 9.17) is 16.3 Å². The van der Waals surface area contributed by atoms with Crippen LogP contribution >= 0.6 is 11.6 Å². The summed E-state index contributed by atoms with van der Waals surface area (Å²) in [6.45, 7) is 3.45. The van der Waals surface area contributed by atoms with Crippen LogP contribution in [0.15, 0.2) is 48.5 Å². The molecule has 0 radical (unpaired) electrons. The second-order valence-corrected chi connectivity index (χ2v) is 4.38. The third-order valence-electron chi connectivity index (χ3n) is 2.56. The van der Waals surface area contributed by atoms with Crippen molar-refractivity contribution in [1.82, 2.24) is 0 Å².